The molecule has 0 fully saturated rings. The maximum atomic E-state index is 12.1. The number of amides is 2. The van der Waals surface area contributed by atoms with Crippen LogP contribution in [0.4, 0.5) is 5.69 Å². The van der Waals surface area contributed by atoms with Crippen molar-refractivity contribution in [3.63, 3.8) is 0 Å². The monoisotopic (exact) mass is 390 g/mol. The Bertz CT molecular complexity index is 898. The second-order valence-corrected chi connectivity index (χ2v) is 6.87. The van der Waals surface area contributed by atoms with Gasteiger partial charge in [-0.2, -0.15) is 0 Å². The predicted octanol–water partition coefficient (Wildman–Crippen LogP) is 2.34. The minimum atomic E-state index is -1.40. The van der Waals surface area contributed by atoms with Gasteiger partial charge in [0.1, 0.15) is 5.60 Å². The van der Waals surface area contributed by atoms with E-state index in [2.05, 4.69) is 10.6 Å². The number of benzene rings is 2. The lowest BCUT2D eigenvalue weighted by molar-refractivity contribution is -0.136. The Labute approximate surface area is 161 Å². The molecule has 1 aliphatic rings. The standard InChI is InChI=1S/C19H19ClN2O5/c1-11-3-5-13(20)8-14(11)22-18(24)17(23)21-9-19(2,25)12-4-6-15-16(7-12)27-10-26-15/h3-8,25H,9-10H2,1-2H3,(H,21,23)(H,22,24). The van der Waals surface area contributed by atoms with Crippen molar-refractivity contribution >= 4 is 29.1 Å². The van der Waals surface area contributed by atoms with Crippen LogP contribution in [-0.2, 0) is 15.2 Å². The highest BCUT2D eigenvalue weighted by Gasteiger charge is 2.28. The van der Waals surface area contributed by atoms with E-state index in [0.29, 0.717) is 27.8 Å². The molecule has 1 aliphatic heterocycles. The number of aryl methyl sites for hydroxylation is 1. The lowest BCUT2D eigenvalue weighted by atomic mass is 9.95. The molecule has 1 unspecified atom stereocenters. The molecule has 7 nitrogen and oxygen atoms in total. The fraction of sp³-hybridized carbons (Fsp3) is 0.263. The van der Waals surface area contributed by atoms with Crippen LogP contribution < -0.4 is 20.1 Å². The minimum Gasteiger partial charge on any atom is -0.454 e. The molecule has 0 radical (unpaired) electrons. The molecule has 142 valence electrons. The SMILES string of the molecule is Cc1ccc(Cl)cc1NC(=O)C(=O)NCC(C)(O)c1ccc2c(c1)OCO2. The maximum absolute atomic E-state index is 12.1. The van der Waals surface area contributed by atoms with Crippen molar-refractivity contribution in [3.05, 3.63) is 52.5 Å². The minimum absolute atomic E-state index is 0.126. The number of ether oxygens (including phenoxy) is 2. The molecule has 3 N–H and O–H groups in total. The van der Waals surface area contributed by atoms with Gasteiger partial charge in [-0.05, 0) is 49.2 Å². The molecule has 0 bridgehead atoms. The van der Waals surface area contributed by atoms with E-state index in [1.165, 1.54) is 6.92 Å². The van der Waals surface area contributed by atoms with Gasteiger partial charge in [0.15, 0.2) is 11.5 Å². The lowest BCUT2D eigenvalue weighted by Crippen LogP contribution is -2.43. The summed E-state index contributed by atoms with van der Waals surface area (Å²) in [6.07, 6.45) is 0. The number of rotatable bonds is 4. The van der Waals surface area contributed by atoms with Crippen LogP contribution in [-0.4, -0.2) is 30.3 Å². The number of anilines is 1. The second-order valence-electron chi connectivity index (χ2n) is 6.44. The van der Waals surface area contributed by atoms with Crippen molar-refractivity contribution in [2.45, 2.75) is 19.4 Å². The summed E-state index contributed by atoms with van der Waals surface area (Å²) in [5.74, 6) is -0.597. The van der Waals surface area contributed by atoms with E-state index < -0.39 is 17.4 Å². The van der Waals surface area contributed by atoms with Gasteiger partial charge >= 0.3 is 11.8 Å². The van der Waals surface area contributed by atoms with E-state index in [4.69, 9.17) is 21.1 Å². The van der Waals surface area contributed by atoms with E-state index in [1.807, 2.05) is 0 Å². The fourth-order valence-electron chi connectivity index (χ4n) is 2.57. The van der Waals surface area contributed by atoms with Crippen LogP contribution in [0, 0.1) is 6.92 Å². The van der Waals surface area contributed by atoms with Crippen LogP contribution in [0.15, 0.2) is 36.4 Å². The molecule has 2 amide bonds. The molecule has 2 aromatic rings. The van der Waals surface area contributed by atoms with Crippen LogP contribution in [0.5, 0.6) is 11.5 Å². The van der Waals surface area contributed by atoms with E-state index in [1.54, 1.807) is 43.3 Å². The Balaban J connectivity index is 1.62. The first-order valence-electron chi connectivity index (χ1n) is 8.24. The summed E-state index contributed by atoms with van der Waals surface area (Å²) in [6, 6.07) is 9.99. The summed E-state index contributed by atoms with van der Waals surface area (Å²) in [5, 5.41) is 16.0. The zero-order valence-corrected chi connectivity index (χ0v) is 15.6. The number of nitrogens with one attached hydrogen (secondary N) is 2. The third kappa shape index (κ3) is 4.32. The van der Waals surface area contributed by atoms with Gasteiger partial charge in [-0.1, -0.05) is 23.7 Å². The molecular formula is C19H19ClN2O5. The van der Waals surface area contributed by atoms with Crippen LogP contribution in [0.2, 0.25) is 5.02 Å². The largest absolute Gasteiger partial charge is 0.454 e. The van der Waals surface area contributed by atoms with E-state index in [9.17, 15) is 14.7 Å². The van der Waals surface area contributed by atoms with Gasteiger partial charge < -0.3 is 25.2 Å². The van der Waals surface area contributed by atoms with Crippen molar-refractivity contribution in [1.29, 1.82) is 0 Å². The zero-order chi connectivity index (χ0) is 19.6. The zero-order valence-electron chi connectivity index (χ0n) is 14.8. The smallest absolute Gasteiger partial charge is 0.313 e. The van der Waals surface area contributed by atoms with Gasteiger partial charge in [0, 0.05) is 10.7 Å². The Morgan fingerprint density at radius 1 is 1.15 bits per heavy atom. The molecule has 8 heteroatoms. The Morgan fingerprint density at radius 3 is 2.67 bits per heavy atom. The van der Waals surface area contributed by atoms with E-state index in [0.717, 1.165) is 5.56 Å². The van der Waals surface area contributed by atoms with Crippen LogP contribution in [0.3, 0.4) is 0 Å². The third-order valence-electron chi connectivity index (χ3n) is 4.24. The molecule has 1 heterocycles. The topological polar surface area (TPSA) is 96.9 Å². The average molecular weight is 391 g/mol. The molecule has 27 heavy (non-hydrogen) atoms. The summed E-state index contributed by atoms with van der Waals surface area (Å²) in [7, 11) is 0. The van der Waals surface area contributed by atoms with Crippen LogP contribution in [0.25, 0.3) is 0 Å². The first kappa shape index (κ1) is 19.0. The van der Waals surface area contributed by atoms with Crippen molar-refractivity contribution < 1.29 is 24.2 Å². The number of hydrogen-bond acceptors (Lipinski definition) is 5. The highest BCUT2D eigenvalue weighted by molar-refractivity contribution is 6.40. The van der Waals surface area contributed by atoms with Crippen LogP contribution in [0.1, 0.15) is 18.1 Å². The normalized spacial score (nSPS) is 14.4. The summed E-state index contributed by atoms with van der Waals surface area (Å²) in [6.45, 7) is 3.28. The number of carbonyl (C=O) groups excluding carboxylic acids is 2. The van der Waals surface area contributed by atoms with Gasteiger partial charge in [0.05, 0.1) is 6.54 Å². The lowest BCUT2D eigenvalue weighted by Gasteiger charge is -2.24. The van der Waals surface area contributed by atoms with Gasteiger partial charge in [0.25, 0.3) is 0 Å². The summed E-state index contributed by atoms with van der Waals surface area (Å²) < 4.78 is 10.5. The molecule has 0 saturated carbocycles. The first-order valence-corrected chi connectivity index (χ1v) is 8.62. The number of halogens is 1. The van der Waals surface area contributed by atoms with Gasteiger partial charge in [-0.25, -0.2) is 0 Å². The van der Waals surface area contributed by atoms with Crippen molar-refractivity contribution in [1.82, 2.24) is 5.32 Å². The van der Waals surface area contributed by atoms with Crippen molar-refractivity contribution in [3.8, 4) is 11.5 Å². The van der Waals surface area contributed by atoms with Crippen molar-refractivity contribution in [2.24, 2.45) is 0 Å². The van der Waals surface area contributed by atoms with E-state index in [-0.39, 0.29) is 13.3 Å². The van der Waals surface area contributed by atoms with Gasteiger partial charge in [-0.15, -0.1) is 0 Å². The Morgan fingerprint density at radius 2 is 1.89 bits per heavy atom. The Hall–Kier alpha value is -2.77. The molecule has 0 aromatic heterocycles. The highest BCUT2D eigenvalue weighted by Crippen LogP contribution is 2.35. The summed E-state index contributed by atoms with van der Waals surface area (Å²) >= 11 is 5.90. The summed E-state index contributed by atoms with van der Waals surface area (Å²) in [5.41, 5.74) is 0.347. The predicted molar refractivity (Wildman–Crippen MR) is 100.0 cm³/mol. The molecular weight excluding hydrogens is 372 g/mol. The maximum Gasteiger partial charge on any atom is 0.313 e. The number of fused-ring (bicyclic) bond motifs is 1. The molecule has 0 spiro atoms. The van der Waals surface area contributed by atoms with Gasteiger partial charge in [-0.3, -0.25) is 9.59 Å². The highest BCUT2D eigenvalue weighted by atomic mass is 35.5. The molecule has 0 aliphatic carbocycles. The summed E-state index contributed by atoms with van der Waals surface area (Å²) in [4.78, 5) is 24.2. The Kier molecular flexibility index (Phi) is 5.25. The van der Waals surface area contributed by atoms with E-state index >= 15 is 0 Å². The number of hydrogen-bond donors (Lipinski definition) is 3. The average Bonchev–Trinajstić information content (AvgIpc) is 3.10. The fourth-order valence-corrected chi connectivity index (χ4v) is 2.75. The van der Waals surface area contributed by atoms with Gasteiger partial charge in [0.2, 0.25) is 6.79 Å². The van der Waals surface area contributed by atoms with Crippen molar-refractivity contribution in [2.75, 3.05) is 18.7 Å². The first-order chi connectivity index (χ1) is 12.8. The molecule has 2 aromatic carbocycles. The second kappa shape index (κ2) is 7.46. The third-order valence-corrected chi connectivity index (χ3v) is 4.48. The molecule has 1 atom stereocenters. The quantitative estimate of drug-likeness (QED) is 0.696. The molecule has 0 saturated heterocycles. The van der Waals surface area contributed by atoms with Crippen LogP contribution >= 0.6 is 11.6 Å². The number of carbonyl (C=O) groups is 2. The molecule has 3 rings (SSSR count). The number of aliphatic hydroxyl groups is 1.